The number of carbonyl (C=O) groups is 1. The van der Waals surface area contributed by atoms with Gasteiger partial charge in [0.05, 0.1) is 0 Å². The van der Waals surface area contributed by atoms with E-state index >= 15 is 0 Å². The molecule has 1 rings (SSSR count). The minimum Gasteiger partial charge on any atom is -0.461 e. The highest BCUT2D eigenvalue weighted by Gasteiger charge is 2.07. The standard InChI is InChI=1S/C13H14F2O2/c1-2-3-4-5-13(16)17-9-10-6-7-11(14)8-12(10)15/h2,6-8H,1,3-5,9H2. The molecule has 0 aliphatic rings. The molecule has 0 fully saturated rings. The van der Waals surface area contributed by atoms with Gasteiger partial charge in [-0.25, -0.2) is 8.78 Å². The molecule has 17 heavy (non-hydrogen) atoms. The molecule has 0 heterocycles. The van der Waals surface area contributed by atoms with Gasteiger partial charge in [0, 0.05) is 18.1 Å². The number of benzene rings is 1. The van der Waals surface area contributed by atoms with Crippen molar-refractivity contribution in [2.75, 3.05) is 0 Å². The van der Waals surface area contributed by atoms with E-state index in [-0.39, 0.29) is 18.6 Å². The van der Waals surface area contributed by atoms with Gasteiger partial charge < -0.3 is 4.74 Å². The van der Waals surface area contributed by atoms with Crippen LogP contribution in [0.2, 0.25) is 0 Å². The maximum Gasteiger partial charge on any atom is 0.306 e. The zero-order valence-electron chi connectivity index (χ0n) is 9.42. The van der Waals surface area contributed by atoms with Gasteiger partial charge >= 0.3 is 5.97 Å². The summed E-state index contributed by atoms with van der Waals surface area (Å²) in [5, 5.41) is 0. The second-order valence-corrected chi connectivity index (χ2v) is 3.58. The summed E-state index contributed by atoms with van der Waals surface area (Å²) in [6.45, 7) is 3.37. The van der Waals surface area contributed by atoms with Gasteiger partial charge in [-0.3, -0.25) is 4.79 Å². The molecule has 1 aromatic rings. The van der Waals surface area contributed by atoms with Crippen LogP contribution in [0.1, 0.15) is 24.8 Å². The normalized spacial score (nSPS) is 10.0. The lowest BCUT2D eigenvalue weighted by molar-refractivity contribution is -0.145. The van der Waals surface area contributed by atoms with Crippen LogP contribution in [0.3, 0.4) is 0 Å². The van der Waals surface area contributed by atoms with Crippen LogP contribution in [0.4, 0.5) is 8.78 Å². The SMILES string of the molecule is C=CCCCC(=O)OCc1ccc(F)cc1F. The van der Waals surface area contributed by atoms with Crippen LogP contribution < -0.4 is 0 Å². The van der Waals surface area contributed by atoms with Crippen LogP contribution in [-0.2, 0) is 16.1 Å². The van der Waals surface area contributed by atoms with E-state index in [1.54, 1.807) is 6.08 Å². The van der Waals surface area contributed by atoms with Gasteiger partial charge in [0.25, 0.3) is 0 Å². The second-order valence-electron chi connectivity index (χ2n) is 3.58. The number of rotatable bonds is 6. The average Bonchev–Trinajstić information content (AvgIpc) is 2.28. The molecule has 0 amide bonds. The Morgan fingerprint density at radius 3 is 2.82 bits per heavy atom. The number of carbonyl (C=O) groups excluding carboxylic acids is 1. The average molecular weight is 240 g/mol. The van der Waals surface area contributed by atoms with Gasteiger partial charge in [0.1, 0.15) is 18.2 Å². The van der Waals surface area contributed by atoms with Gasteiger partial charge in [-0.2, -0.15) is 0 Å². The number of esters is 1. The molecule has 0 N–H and O–H groups in total. The van der Waals surface area contributed by atoms with Gasteiger partial charge in [0.2, 0.25) is 0 Å². The molecule has 0 aromatic heterocycles. The Labute approximate surface area is 98.9 Å². The van der Waals surface area contributed by atoms with E-state index in [1.807, 2.05) is 0 Å². The Hall–Kier alpha value is -1.71. The van der Waals surface area contributed by atoms with Crippen molar-refractivity contribution in [1.29, 1.82) is 0 Å². The fraction of sp³-hybridized carbons (Fsp3) is 0.308. The van der Waals surface area contributed by atoms with Crippen LogP contribution in [0.5, 0.6) is 0 Å². The Kier molecular flexibility index (Phi) is 5.33. The Bertz CT molecular complexity index is 402. The molecule has 0 aliphatic heterocycles. The summed E-state index contributed by atoms with van der Waals surface area (Å²) in [7, 11) is 0. The first kappa shape index (κ1) is 13.4. The fourth-order valence-corrected chi connectivity index (χ4v) is 1.26. The molecular weight excluding hydrogens is 226 g/mol. The molecule has 0 bridgehead atoms. The Morgan fingerprint density at radius 2 is 2.18 bits per heavy atom. The summed E-state index contributed by atoms with van der Waals surface area (Å²) < 4.78 is 30.6. The number of hydrogen-bond acceptors (Lipinski definition) is 2. The minimum absolute atomic E-state index is 0.168. The van der Waals surface area contributed by atoms with Crippen molar-refractivity contribution in [2.24, 2.45) is 0 Å². The summed E-state index contributed by atoms with van der Waals surface area (Å²) in [4.78, 5) is 11.2. The molecule has 0 saturated carbocycles. The summed E-state index contributed by atoms with van der Waals surface area (Å²) in [6.07, 6.45) is 3.38. The van der Waals surface area contributed by atoms with E-state index in [2.05, 4.69) is 6.58 Å². The van der Waals surface area contributed by atoms with E-state index in [4.69, 9.17) is 4.74 Å². The third-order valence-corrected chi connectivity index (χ3v) is 2.19. The van der Waals surface area contributed by atoms with Crippen LogP contribution in [0.25, 0.3) is 0 Å². The smallest absolute Gasteiger partial charge is 0.306 e. The molecule has 1 aromatic carbocycles. The Morgan fingerprint density at radius 1 is 1.41 bits per heavy atom. The number of hydrogen-bond donors (Lipinski definition) is 0. The van der Waals surface area contributed by atoms with E-state index in [9.17, 15) is 13.6 Å². The van der Waals surface area contributed by atoms with Crippen molar-refractivity contribution in [3.8, 4) is 0 Å². The van der Waals surface area contributed by atoms with E-state index in [0.717, 1.165) is 18.6 Å². The molecule has 0 saturated heterocycles. The maximum absolute atomic E-state index is 13.2. The Balaban J connectivity index is 2.39. The fourth-order valence-electron chi connectivity index (χ4n) is 1.26. The molecule has 0 spiro atoms. The summed E-state index contributed by atoms with van der Waals surface area (Å²) in [5.41, 5.74) is 0.170. The summed E-state index contributed by atoms with van der Waals surface area (Å²) in [5.74, 6) is -1.75. The highest BCUT2D eigenvalue weighted by atomic mass is 19.1. The van der Waals surface area contributed by atoms with E-state index < -0.39 is 17.6 Å². The minimum atomic E-state index is -0.705. The lowest BCUT2D eigenvalue weighted by Crippen LogP contribution is -2.05. The molecule has 0 aliphatic carbocycles. The number of unbranched alkanes of at least 4 members (excludes halogenated alkanes) is 1. The number of ether oxygens (including phenoxy) is 1. The van der Waals surface area contributed by atoms with Crippen molar-refractivity contribution in [2.45, 2.75) is 25.9 Å². The summed E-state index contributed by atoms with van der Waals surface area (Å²) in [6, 6.07) is 3.16. The first-order valence-corrected chi connectivity index (χ1v) is 5.34. The maximum atomic E-state index is 13.2. The van der Waals surface area contributed by atoms with Gasteiger partial charge in [-0.05, 0) is 25.0 Å². The van der Waals surface area contributed by atoms with Gasteiger partial charge in [0.15, 0.2) is 0 Å². The molecule has 0 atom stereocenters. The lowest BCUT2D eigenvalue weighted by Gasteiger charge is -2.05. The van der Waals surface area contributed by atoms with Gasteiger partial charge in [-0.1, -0.05) is 6.08 Å². The van der Waals surface area contributed by atoms with Crippen molar-refractivity contribution in [1.82, 2.24) is 0 Å². The molecule has 0 radical (unpaired) electrons. The lowest BCUT2D eigenvalue weighted by atomic mass is 10.2. The van der Waals surface area contributed by atoms with Crippen molar-refractivity contribution in [3.63, 3.8) is 0 Å². The second kappa shape index (κ2) is 6.78. The zero-order valence-corrected chi connectivity index (χ0v) is 9.42. The predicted molar refractivity (Wildman–Crippen MR) is 60.2 cm³/mol. The van der Waals surface area contributed by atoms with Crippen LogP contribution in [0.15, 0.2) is 30.9 Å². The quantitative estimate of drug-likeness (QED) is 0.433. The topological polar surface area (TPSA) is 26.3 Å². The summed E-state index contributed by atoms with van der Waals surface area (Å²) >= 11 is 0. The molecule has 92 valence electrons. The van der Waals surface area contributed by atoms with Crippen LogP contribution in [0, 0.1) is 11.6 Å². The number of halogens is 2. The zero-order chi connectivity index (χ0) is 12.7. The molecule has 0 unspecified atom stereocenters. The molecule has 4 heteroatoms. The molecular formula is C13H14F2O2. The van der Waals surface area contributed by atoms with Crippen molar-refractivity contribution in [3.05, 3.63) is 48.1 Å². The third-order valence-electron chi connectivity index (χ3n) is 2.19. The monoisotopic (exact) mass is 240 g/mol. The molecule has 2 nitrogen and oxygen atoms in total. The van der Waals surface area contributed by atoms with Crippen molar-refractivity contribution < 1.29 is 18.3 Å². The third kappa shape index (κ3) is 4.76. The van der Waals surface area contributed by atoms with Crippen LogP contribution >= 0.6 is 0 Å². The van der Waals surface area contributed by atoms with Crippen LogP contribution in [-0.4, -0.2) is 5.97 Å². The number of allylic oxidation sites excluding steroid dienone is 1. The van der Waals surface area contributed by atoms with E-state index in [0.29, 0.717) is 6.42 Å². The highest BCUT2D eigenvalue weighted by Crippen LogP contribution is 2.11. The van der Waals surface area contributed by atoms with E-state index in [1.165, 1.54) is 6.07 Å². The predicted octanol–water partition coefficient (Wildman–Crippen LogP) is 3.36. The first-order valence-electron chi connectivity index (χ1n) is 5.34. The van der Waals surface area contributed by atoms with Crippen molar-refractivity contribution >= 4 is 5.97 Å². The van der Waals surface area contributed by atoms with Gasteiger partial charge in [-0.15, -0.1) is 6.58 Å². The largest absolute Gasteiger partial charge is 0.461 e. The first-order chi connectivity index (χ1) is 8.13. The highest BCUT2D eigenvalue weighted by molar-refractivity contribution is 5.69.